The maximum Gasteiger partial charge on any atom is 0.261 e. The lowest BCUT2D eigenvalue weighted by molar-refractivity contribution is 0.0894. The van der Waals surface area contributed by atoms with Gasteiger partial charge in [-0.25, -0.2) is 0 Å². The molecule has 1 unspecified atom stereocenters. The molecule has 2 heterocycles. The number of nitrogens with zero attached hydrogens (tertiary/aromatic N) is 1. The number of aromatic nitrogens is 1. The Morgan fingerprint density at radius 1 is 0.933 bits per heavy atom. The Kier molecular flexibility index (Phi) is 5.81. The number of carbonyl (C=O) groups is 2. The number of nitrogens with one attached hydrogen (secondary N) is 2. The predicted octanol–water partition coefficient (Wildman–Crippen LogP) is 3.29. The first-order valence-corrected chi connectivity index (χ1v) is 10.8. The Bertz CT molecular complexity index is 1120. The van der Waals surface area contributed by atoms with E-state index in [9.17, 15) is 14.4 Å². The highest BCUT2D eigenvalue weighted by molar-refractivity contribution is 7.13. The van der Waals surface area contributed by atoms with Crippen molar-refractivity contribution in [2.45, 2.75) is 38.3 Å². The van der Waals surface area contributed by atoms with Crippen LogP contribution < -0.4 is 16.2 Å². The summed E-state index contributed by atoms with van der Waals surface area (Å²) in [6.45, 7) is 1.97. The smallest absolute Gasteiger partial charge is 0.261 e. The first-order valence-electron chi connectivity index (χ1n) is 9.97. The second-order valence-electron chi connectivity index (χ2n) is 7.46. The van der Waals surface area contributed by atoms with Gasteiger partial charge in [-0.2, -0.15) is 0 Å². The fourth-order valence-electron chi connectivity index (χ4n) is 3.77. The third-order valence-electron chi connectivity index (χ3n) is 5.34. The van der Waals surface area contributed by atoms with Crippen LogP contribution in [-0.2, 0) is 0 Å². The minimum absolute atomic E-state index is 0.0778. The van der Waals surface area contributed by atoms with Crippen molar-refractivity contribution in [3.05, 3.63) is 86.5 Å². The van der Waals surface area contributed by atoms with Crippen LogP contribution in [0, 0.1) is 6.92 Å². The number of amides is 2. The van der Waals surface area contributed by atoms with Crippen molar-refractivity contribution in [2.75, 3.05) is 0 Å². The van der Waals surface area contributed by atoms with E-state index in [0.29, 0.717) is 16.1 Å². The van der Waals surface area contributed by atoms with Gasteiger partial charge < -0.3 is 10.6 Å². The van der Waals surface area contributed by atoms with Gasteiger partial charge in [0.2, 0.25) is 0 Å². The highest BCUT2D eigenvalue weighted by Gasteiger charge is 2.30. The molecule has 0 radical (unpaired) electrons. The van der Waals surface area contributed by atoms with Crippen LogP contribution in [0.5, 0.6) is 0 Å². The lowest BCUT2D eigenvalue weighted by Gasteiger charge is -2.22. The maximum atomic E-state index is 12.7. The summed E-state index contributed by atoms with van der Waals surface area (Å²) in [5.74, 6) is -0.267. The standard InChI is InChI=1S/C23H23N3O3S/c1-15-8-13-20(30-15)23(29)25-19-6-4-5-18(19)24-22(28)16-9-11-17(12-10-16)26-14-3-2-7-21(26)27/h2-3,7-14,18-19H,4-6H2,1H3,(H,24,28)(H,25,29)/t18-,19?/m0/s1. The molecule has 4 rings (SSSR count). The highest BCUT2D eigenvalue weighted by atomic mass is 32.1. The van der Waals surface area contributed by atoms with Crippen molar-refractivity contribution in [3.8, 4) is 5.69 Å². The number of hydrogen-bond acceptors (Lipinski definition) is 4. The summed E-state index contributed by atoms with van der Waals surface area (Å²) in [7, 11) is 0. The maximum absolute atomic E-state index is 12.7. The number of rotatable bonds is 5. The minimum atomic E-state index is -0.180. The molecule has 3 aromatic rings. The molecule has 0 aliphatic heterocycles. The third kappa shape index (κ3) is 4.36. The summed E-state index contributed by atoms with van der Waals surface area (Å²) in [5.41, 5.74) is 1.10. The molecule has 30 heavy (non-hydrogen) atoms. The Labute approximate surface area is 178 Å². The molecule has 7 heteroatoms. The van der Waals surface area contributed by atoms with E-state index in [1.54, 1.807) is 42.6 Å². The van der Waals surface area contributed by atoms with Crippen LogP contribution in [0.1, 0.15) is 44.2 Å². The fourth-order valence-corrected chi connectivity index (χ4v) is 4.54. The van der Waals surface area contributed by atoms with Gasteiger partial charge in [0.25, 0.3) is 17.4 Å². The lowest BCUT2D eigenvalue weighted by Crippen LogP contribution is -2.48. The van der Waals surface area contributed by atoms with Crippen LogP contribution in [0.2, 0.25) is 0 Å². The number of pyridine rings is 1. The quantitative estimate of drug-likeness (QED) is 0.663. The number of carbonyl (C=O) groups excluding carboxylic acids is 2. The zero-order valence-corrected chi connectivity index (χ0v) is 17.4. The van der Waals surface area contributed by atoms with Gasteiger partial charge in [-0.3, -0.25) is 19.0 Å². The molecule has 2 atom stereocenters. The largest absolute Gasteiger partial charge is 0.347 e. The Morgan fingerprint density at radius 3 is 2.27 bits per heavy atom. The van der Waals surface area contributed by atoms with E-state index in [1.807, 2.05) is 19.1 Å². The summed E-state index contributed by atoms with van der Waals surface area (Å²) < 4.78 is 1.52. The molecule has 0 bridgehead atoms. The van der Waals surface area contributed by atoms with Crippen LogP contribution in [0.3, 0.4) is 0 Å². The van der Waals surface area contributed by atoms with Crippen molar-refractivity contribution in [1.82, 2.24) is 15.2 Å². The first-order chi connectivity index (χ1) is 14.5. The summed E-state index contributed by atoms with van der Waals surface area (Å²) >= 11 is 1.47. The average molecular weight is 422 g/mol. The molecule has 1 saturated carbocycles. The van der Waals surface area contributed by atoms with Gasteiger partial charge in [-0.05, 0) is 68.7 Å². The highest BCUT2D eigenvalue weighted by Crippen LogP contribution is 2.22. The molecule has 6 nitrogen and oxygen atoms in total. The van der Waals surface area contributed by atoms with E-state index in [-0.39, 0.29) is 29.5 Å². The molecule has 2 amide bonds. The van der Waals surface area contributed by atoms with Crippen molar-refractivity contribution < 1.29 is 9.59 Å². The molecular weight excluding hydrogens is 398 g/mol. The number of benzene rings is 1. The Morgan fingerprint density at radius 2 is 1.63 bits per heavy atom. The average Bonchev–Trinajstić information content (AvgIpc) is 3.37. The van der Waals surface area contributed by atoms with E-state index in [4.69, 9.17) is 0 Å². The third-order valence-corrected chi connectivity index (χ3v) is 6.34. The minimum Gasteiger partial charge on any atom is -0.347 e. The van der Waals surface area contributed by atoms with Crippen molar-refractivity contribution in [2.24, 2.45) is 0 Å². The van der Waals surface area contributed by atoms with Gasteiger partial charge in [-0.1, -0.05) is 6.07 Å². The fraction of sp³-hybridized carbons (Fsp3) is 0.261. The SMILES string of the molecule is Cc1ccc(C(=O)NC2CCC[C@@H]2NC(=O)c2ccc(-n3ccccc3=O)cc2)s1. The number of aryl methyl sites for hydroxylation is 1. The topological polar surface area (TPSA) is 80.2 Å². The molecule has 2 aromatic heterocycles. The monoisotopic (exact) mass is 421 g/mol. The van der Waals surface area contributed by atoms with Gasteiger partial charge in [0, 0.05) is 40.5 Å². The van der Waals surface area contributed by atoms with E-state index in [1.165, 1.54) is 22.0 Å². The summed E-state index contributed by atoms with van der Waals surface area (Å²) in [6.07, 6.45) is 4.32. The summed E-state index contributed by atoms with van der Waals surface area (Å²) in [4.78, 5) is 38.9. The van der Waals surface area contributed by atoms with Crippen molar-refractivity contribution in [3.63, 3.8) is 0 Å². The van der Waals surface area contributed by atoms with E-state index in [0.717, 1.165) is 24.1 Å². The summed E-state index contributed by atoms with van der Waals surface area (Å²) in [6, 6.07) is 15.5. The van der Waals surface area contributed by atoms with Gasteiger partial charge in [0.15, 0.2) is 0 Å². The number of hydrogen-bond donors (Lipinski definition) is 2. The van der Waals surface area contributed by atoms with Crippen molar-refractivity contribution >= 4 is 23.2 Å². The van der Waals surface area contributed by atoms with Crippen molar-refractivity contribution in [1.29, 1.82) is 0 Å². The molecule has 2 N–H and O–H groups in total. The lowest BCUT2D eigenvalue weighted by atomic mass is 10.1. The van der Waals surface area contributed by atoms with Gasteiger partial charge >= 0.3 is 0 Å². The van der Waals surface area contributed by atoms with Crippen LogP contribution in [0.15, 0.2) is 65.6 Å². The zero-order valence-electron chi connectivity index (χ0n) is 16.6. The van der Waals surface area contributed by atoms with Crippen LogP contribution in [0.4, 0.5) is 0 Å². The molecule has 1 fully saturated rings. The Balaban J connectivity index is 1.41. The van der Waals surface area contributed by atoms with Crippen LogP contribution >= 0.6 is 11.3 Å². The molecular formula is C23H23N3O3S. The molecule has 1 aliphatic rings. The zero-order chi connectivity index (χ0) is 21.1. The molecule has 0 saturated heterocycles. The van der Waals surface area contributed by atoms with E-state index < -0.39 is 0 Å². The normalized spacial score (nSPS) is 18.2. The van der Waals surface area contributed by atoms with Gasteiger partial charge in [0.1, 0.15) is 0 Å². The molecule has 1 aliphatic carbocycles. The number of thiophene rings is 1. The Hall–Kier alpha value is -3.19. The summed E-state index contributed by atoms with van der Waals surface area (Å²) in [5, 5.41) is 6.13. The van der Waals surface area contributed by atoms with E-state index >= 15 is 0 Å². The van der Waals surface area contributed by atoms with E-state index in [2.05, 4.69) is 10.6 Å². The predicted molar refractivity (Wildman–Crippen MR) is 117 cm³/mol. The van der Waals surface area contributed by atoms with Gasteiger partial charge in [0.05, 0.1) is 4.88 Å². The second kappa shape index (κ2) is 8.67. The van der Waals surface area contributed by atoms with Crippen LogP contribution in [-0.4, -0.2) is 28.5 Å². The molecule has 154 valence electrons. The van der Waals surface area contributed by atoms with Crippen LogP contribution in [0.25, 0.3) is 5.69 Å². The second-order valence-corrected chi connectivity index (χ2v) is 8.74. The molecule has 1 aromatic carbocycles. The van der Waals surface area contributed by atoms with Gasteiger partial charge in [-0.15, -0.1) is 11.3 Å². The first kappa shape index (κ1) is 20.1. The molecule has 0 spiro atoms.